The first-order valence-electron chi connectivity index (χ1n) is 8.03. The molecule has 1 aromatic heterocycles. The minimum atomic E-state index is -0.343. The van der Waals surface area contributed by atoms with E-state index in [4.69, 9.17) is 11.6 Å². The van der Waals surface area contributed by atoms with Crippen molar-refractivity contribution in [3.63, 3.8) is 0 Å². The molecule has 1 heterocycles. The first-order chi connectivity index (χ1) is 12.5. The van der Waals surface area contributed by atoms with E-state index in [1.165, 1.54) is 24.3 Å². The fourth-order valence-corrected chi connectivity index (χ4v) is 2.95. The lowest BCUT2D eigenvalue weighted by molar-refractivity contribution is 0.0955. The van der Waals surface area contributed by atoms with Crippen LogP contribution >= 0.6 is 11.6 Å². The van der Waals surface area contributed by atoms with Gasteiger partial charge in [-0.2, -0.15) is 5.10 Å². The van der Waals surface area contributed by atoms with Crippen molar-refractivity contribution in [1.82, 2.24) is 9.99 Å². The van der Waals surface area contributed by atoms with E-state index in [0.717, 1.165) is 22.6 Å². The van der Waals surface area contributed by atoms with Crippen LogP contribution in [0.1, 0.15) is 27.3 Å². The van der Waals surface area contributed by atoms with Gasteiger partial charge in [0.25, 0.3) is 5.91 Å². The Morgan fingerprint density at radius 2 is 1.88 bits per heavy atom. The van der Waals surface area contributed by atoms with Crippen molar-refractivity contribution in [2.24, 2.45) is 5.10 Å². The number of carbonyl (C=O) groups is 1. The Labute approximate surface area is 156 Å². The number of nitrogens with zero attached hydrogens (tertiary/aromatic N) is 2. The molecule has 0 radical (unpaired) electrons. The zero-order valence-corrected chi connectivity index (χ0v) is 15.2. The van der Waals surface area contributed by atoms with Crippen LogP contribution in [0.2, 0.25) is 5.02 Å². The number of aromatic nitrogens is 1. The number of aryl methyl sites for hydroxylation is 1. The van der Waals surface area contributed by atoms with Gasteiger partial charge >= 0.3 is 0 Å². The number of nitrogens with one attached hydrogen (secondary N) is 1. The van der Waals surface area contributed by atoms with Crippen molar-refractivity contribution in [3.05, 3.63) is 82.1 Å². The third-order valence-corrected chi connectivity index (χ3v) is 4.27. The summed E-state index contributed by atoms with van der Waals surface area (Å²) in [5.41, 5.74) is 6.81. The Kier molecular flexibility index (Phi) is 5.09. The van der Waals surface area contributed by atoms with E-state index in [-0.39, 0.29) is 11.7 Å². The third-order valence-electron chi connectivity index (χ3n) is 4.04. The van der Waals surface area contributed by atoms with Crippen LogP contribution in [0.25, 0.3) is 5.69 Å². The lowest BCUT2D eigenvalue weighted by atomic mass is 10.2. The van der Waals surface area contributed by atoms with Crippen LogP contribution in [0.3, 0.4) is 0 Å². The van der Waals surface area contributed by atoms with E-state index >= 15 is 0 Å². The molecule has 0 spiro atoms. The lowest BCUT2D eigenvalue weighted by Crippen LogP contribution is -2.17. The summed E-state index contributed by atoms with van der Waals surface area (Å²) >= 11 is 6.09. The van der Waals surface area contributed by atoms with E-state index in [0.29, 0.717) is 10.6 Å². The third kappa shape index (κ3) is 3.78. The highest BCUT2D eigenvalue weighted by atomic mass is 35.5. The van der Waals surface area contributed by atoms with Crippen LogP contribution in [0, 0.1) is 13.8 Å². The molecule has 3 aromatic rings. The number of benzene rings is 2. The molecule has 0 aliphatic rings. The van der Waals surface area contributed by atoms with Crippen LogP contribution in [-0.2, 0) is 0 Å². The van der Waals surface area contributed by atoms with Gasteiger partial charge in [0.05, 0.1) is 6.21 Å². The number of halogens is 1. The summed E-state index contributed by atoms with van der Waals surface area (Å²) in [6.45, 7) is 3.98. The van der Waals surface area contributed by atoms with Gasteiger partial charge in [0.2, 0.25) is 0 Å². The van der Waals surface area contributed by atoms with E-state index in [1.54, 1.807) is 6.21 Å². The number of carbonyl (C=O) groups excluding carboxylic acids is 1. The first kappa shape index (κ1) is 17.8. The summed E-state index contributed by atoms with van der Waals surface area (Å²) in [6, 6.07) is 15.6. The van der Waals surface area contributed by atoms with E-state index in [2.05, 4.69) is 15.1 Å². The maximum atomic E-state index is 12.0. The van der Waals surface area contributed by atoms with Crippen LogP contribution in [0.15, 0.2) is 59.7 Å². The Balaban J connectivity index is 1.78. The van der Waals surface area contributed by atoms with Crippen molar-refractivity contribution in [2.45, 2.75) is 13.8 Å². The van der Waals surface area contributed by atoms with Gasteiger partial charge in [-0.1, -0.05) is 17.7 Å². The highest BCUT2D eigenvalue weighted by molar-refractivity contribution is 6.30. The molecule has 2 N–H and O–H groups in total. The molecule has 3 rings (SSSR count). The van der Waals surface area contributed by atoms with Crippen molar-refractivity contribution < 1.29 is 9.90 Å². The summed E-state index contributed by atoms with van der Waals surface area (Å²) in [7, 11) is 0. The molecule has 0 saturated heterocycles. The van der Waals surface area contributed by atoms with Crippen LogP contribution < -0.4 is 5.43 Å². The molecule has 6 heteroatoms. The van der Waals surface area contributed by atoms with E-state index in [9.17, 15) is 9.90 Å². The summed E-state index contributed by atoms with van der Waals surface area (Å²) in [5, 5.41) is 14.0. The maximum absolute atomic E-state index is 12.0. The Morgan fingerprint density at radius 3 is 2.58 bits per heavy atom. The predicted molar refractivity (Wildman–Crippen MR) is 103 cm³/mol. The molecule has 1 amide bonds. The van der Waals surface area contributed by atoms with Gasteiger partial charge in [0, 0.05) is 33.2 Å². The van der Waals surface area contributed by atoms with Gasteiger partial charge in [-0.15, -0.1) is 0 Å². The Bertz CT molecular complexity index is 975. The molecule has 0 aliphatic carbocycles. The van der Waals surface area contributed by atoms with Gasteiger partial charge in [-0.3, -0.25) is 4.79 Å². The number of aromatic hydroxyl groups is 1. The van der Waals surface area contributed by atoms with Crippen LogP contribution in [-0.4, -0.2) is 21.8 Å². The zero-order chi connectivity index (χ0) is 18.7. The molecule has 0 aliphatic heterocycles. The highest BCUT2D eigenvalue weighted by Gasteiger charge is 2.10. The van der Waals surface area contributed by atoms with Crippen molar-refractivity contribution in [2.75, 3.05) is 0 Å². The number of phenolic OH excluding ortho intramolecular Hbond substituents is 1. The molecule has 26 heavy (non-hydrogen) atoms. The average molecular weight is 368 g/mol. The number of hydrogen-bond acceptors (Lipinski definition) is 3. The smallest absolute Gasteiger partial charge is 0.271 e. The van der Waals surface area contributed by atoms with Crippen molar-refractivity contribution in [1.29, 1.82) is 0 Å². The Morgan fingerprint density at radius 1 is 1.15 bits per heavy atom. The van der Waals surface area contributed by atoms with Gasteiger partial charge in [-0.05, 0) is 62.4 Å². The molecule has 132 valence electrons. The molecule has 0 unspecified atom stereocenters. The highest BCUT2D eigenvalue weighted by Crippen LogP contribution is 2.22. The van der Waals surface area contributed by atoms with Gasteiger partial charge in [-0.25, -0.2) is 5.43 Å². The van der Waals surface area contributed by atoms with Crippen molar-refractivity contribution in [3.8, 4) is 11.4 Å². The normalized spacial score (nSPS) is 11.0. The molecular formula is C20H18ClN3O2. The number of amides is 1. The number of hydrazone groups is 1. The molecule has 2 aromatic carbocycles. The molecule has 5 nitrogen and oxygen atoms in total. The fourth-order valence-electron chi connectivity index (χ4n) is 2.77. The minimum Gasteiger partial charge on any atom is -0.508 e. The SMILES string of the molecule is Cc1cc(/C=N/NC(=O)c2ccc(O)cc2)c(C)n1-c1cccc(Cl)c1. The second kappa shape index (κ2) is 7.45. The molecular weight excluding hydrogens is 350 g/mol. The molecule has 0 bridgehead atoms. The Hall–Kier alpha value is -3.05. The van der Waals surface area contributed by atoms with Crippen LogP contribution in [0.4, 0.5) is 0 Å². The molecule has 0 atom stereocenters. The summed E-state index contributed by atoms with van der Waals surface area (Å²) in [4.78, 5) is 12.0. The van der Waals surface area contributed by atoms with E-state index in [1.807, 2.05) is 44.2 Å². The standard InChI is InChI=1S/C20H18ClN3O2/c1-13-10-16(14(2)24(13)18-5-3-4-17(21)11-18)12-22-23-20(26)15-6-8-19(25)9-7-15/h3-12,25H,1-2H3,(H,23,26)/b22-12+. The summed E-state index contributed by atoms with van der Waals surface area (Å²) in [5.74, 6) is -0.233. The fraction of sp³-hybridized carbons (Fsp3) is 0.100. The zero-order valence-electron chi connectivity index (χ0n) is 14.4. The van der Waals surface area contributed by atoms with Gasteiger partial charge in [0.15, 0.2) is 0 Å². The second-order valence-corrected chi connectivity index (χ2v) is 6.32. The monoisotopic (exact) mass is 367 g/mol. The van der Waals surface area contributed by atoms with Gasteiger partial charge in [0.1, 0.15) is 5.75 Å². The maximum Gasteiger partial charge on any atom is 0.271 e. The number of phenols is 1. The van der Waals surface area contributed by atoms with E-state index < -0.39 is 0 Å². The quantitative estimate of drug-likeness (QED) is 0.535. The summed E-state index contributed by atoms with van der Waals surface area (Å²) < 4.78 is 2.08. The lowest BCUT2D eigenvalue weighted by Gasteiger charge is -2.09. The number of rotatable bonds is 4. The summed E-state index contributed by atoms with van der Waals surface area (Å²) in [6.07, 6.45) is 1.61. The average Bonchev–Trinajstić information content (AvgIpc) is 2.89. The van der Waals surface area contributed by atoms with Crippen LogP contribution in [0.5, 0.6) is 5.75 Å². The molecule has 0 saturated carbocycles. The molecule has 0 fully saturated rings. The van der Waals surface area contributed by atoms with Gasteiger partial charge < -0.3 is 9.67 Å². The number of hydrogen-bond donors (Lipinski definition) is 2. The second-order valence-electron chi connectivity index (χ2n) is 5.89. The minimum absolute atomic E-state index is 0.110. The van der Waals surface area contributed by atoms with Crippen molar-refractivity contribution >= 4 is 23.7 Å². The topological polar surface area (TPSA) is 66.6 Å². The largest absolute Gasteiger partial charge is 0.508 e. The predicted octanol–water partition coefficient (Wildman–Crippen LogP) is 4.22. The first-order valence-corrected chi connectivity index (χ1v) is 8.41.